The van der Waals surface area contributed by atoms with Crippen LogP contribution >= 0.6 is 0 Å². The summed E-state index contributed by atoms with van der Waals surface area (Å²) in [6.07, 6.45) is 1.11. The van der Waals surface area contributed by atoms with Crippen LogP contribution in [0, 0.1) is 0 Å². The quantitative estimate of drug-likeness (QED) is 0.475. The SMILES string of the molecule is CC(C)(C)OC(=O)C1CC2OC2N1. The third-order valence-corrected chi connectivity index (χ3v) is 2.11. The molecule has 4 heteroatoms. The van der Waals surface area contributed by atoms with Gasteiger partial charge in [0.05, 0.1) is 0 Å². The van der Waals surface area contributed by atoms with E-state index < -0.39 is 5.60 Å². The van der Waals surface area contributed by atoms with Crippen LogP contribution in [0.5, 0.6) is 0 Å². The third kappa shape index (κ3) is 2.00. The number of carbonyl (C=O) groups excluding carboxylic acids is 1. The van der Waals surface area contributed by atoms with Crippen molar-refractivity contribution in [2.45, 2.75) is 51.2 Å². The molecule has 2 rings (SSSR count). The molecule has 4 nitrogen and oxygen atoms in total. The number of fused-ring (bicyclic) bond motifs is 1. The van der Waals surface area contributed by atoms with Crippen LogP contribution in [0.25, 0.3) is 0 Å². The van der Waals surface area contributed by atoms with E-state index in [2.05, 4.69) is 5.32 Å². The number of ether oxygens (including phenoxy) is 2. The molecule has 0 aromatic heterocycles. The van der Waals surface area contributed by atoms with Crippen molar-refractivity contribution < 1.29 is 14.3 Å². The topological polar surface area (TPSA) is 50.9 Å². The van der Waals surface area contributed by atoms with Gasteiger partial charge in [-0.2, -0.15) is 0 Å². The van der Waals surface area contributed by atoms with E-state index in [0.29, 0.717) is 0 Å². The summed E-state index contributed by atoms with van der Waals surface area (Å²) in [7, 11) is 0. The van der Waals surface area contributed by atoms with Gasteiger partial charge in [-0.05, 0) is 20.8 Å². The fourth-order valence-corrected chi connectivity index (χ4v) is 1.50. The molecule has 74 valence electrons. The number of hydrogen-bond acceptors (Lipinski definition) is 4. The van der Waals surface area contributed by atoms with Gasteiger partial charge in [0.1, 0.15) is 24.0 Å². The van der Waals surface area contributed by atoms with Gasteiger partial charge >= 0.3 is 5.97 Å². The zero-order valence-corrected chi connectivity index (χ0v) is 8.16. The van der Waals surface area contributed by atoms with E-state index >= 15 is 0 Å². The van der Waals surface area contributed by atoms with Gasteiger partial charge in [0, 0.05) is 6.42 Å². The van der Waals surface area contributed by atoms with Crippen molar-refractivity contribution in [3.8, 4) is 0 Å². The molecule has 1 N–H and O–H groups in total. The van der Waals surface area contributed by atoms with Crippen LogP contribution in [0.2, 0.25) is 0 Å². The predicted molar refractivity (Wildman–Crippen MR) is 46.0 cm³/mol. The molecule has 0 radical (unpaired) electrons. The zero-order valence-electron chi connectivity index (χ0n) is 8.16. The van der Waals surface area contributed by atoms with E-state index in [1.165, 1.54) is 0 Å². The van der Waals surface area contributed by atoms with Crippen LogP contribution in [0.4, 0.5) is 0 Å². The Morgan fingerprint density at radius 1 is 1.54 bits per heavy atom. The van der Waals surface area contributed by atoms with Crippen molar-refractivity contribution in [1.29, 1.82) is 0 Å². The third-order valence-electron chi connectivity index (χ3n) is 2.11. The Morgan fingerprint density at radius 3 is 2.69 bits per heavy atom. The smallest absolute Gasteiger partial charge is 0.323 e. The number of nitrogens with one attached hydrogen (secondary N) is 1. The molecule has 2 heterocycles. The van der Waals surface area contributed by atoms with Crippen molar-refractivity contribution in [3.05, 3.63) is 0 Å². The van der Waals surface area contributed by atoms with E-state index in [1.54, 1.807) is 0 Å². The maximum absolute atomic E-state index is 11.5. The van der Waals surface area contributed by atoms with Gasteiger partial charge in [-0.1, -0.05) is 0 Å². The molecule has 0 saturated carbocycles. The van der Waals surface area contributed by atoms with Gasteiger partial charge in [-0.15, -0.1) is 0 Å². The highest BCUT2D eigenvalue weighted by Gasteiger charge is 2.50. The predicted octanol–water partition coefficient (Wildman–Crippen LogP) is 0.415. The molecular formula is C9H15NO3. The molecule has 0 bridgehead atoms. The zero-order chi connectivity index (χ0) is 9.64. The molecule has 2 aliphatic heterocycles. The molecule has 0 aromatic rings. The second-order valence-corrected chi connectivity index (χ2v) is 4.58. The van der Waals surface area contributed by atoms with Crippen LogP contribution in [-0.2, 0) is 14.3 Å². The first-order valence-corrected chi connectivity index (χ1v) is 4.60. The molecule has 3 atom stereocenters. The number of hydrogen-bond donors (Lipinski definition) is 1. The number of esters is 1. The Hall–Kier alpha value is -0.610. The van der Waals surface area contributed by atoms with Gasteiger partial charge in [0.2, 0.25) is 0 Å². The second kappa shape index (κ2) is 2.69. The maximum Gasteiger partial charge on any atom is 0.323 e. The van der Waals surface area contributed by atoms with E-state index in [1.807, 2.05) is 20.8 Å². The average molecular weight is 185 g/mol. The van der Waals surface area contributed by atoms with Crippen LogP contribution in [0.1, 0.15) is 27.2 Å². The lowest BCUT2D eigenvalue weighted by Crippen LogP contribution is -2.39. The monoisotopic (exact) mass is 185 g/mol. The standard InChI is InChI=1S/C9H15NO3/c1-9(2,3)13-8(11)5-4-6-7(10-5)12-6/h5-7,10H,4H2,1-3H3. The highest BCUT2D eigenvalue weighted by Crippen LogP contribution is 2.32. The molecule has 0 aliphatic carbocycles. The second-order valence-electron chi connectivity index (χ2n) is 4.58. The van der Waals surface area contributed by atoms with E-state index in [9.17, 15) is 4.79 Å². The van der Waals surface area contributed by atoms with Gasteiger partial charge in [0.25, 0.3) is 0 Å². The first-order chi connectivity index (χ1) is 5.96. The highest BCUT2D eigenvalue weighted by atomic mass is 16.6. The van der Waals surface area contributed by atoms with Crippen molar-refractivity contribution in [1.82, 2.24) is 5.32 Å². The Labute approximate surface area is 77.6 Å². The summed E-state index contributed by atoms with van der Waals surface area (Å²) < 4.78 is 10.4. The van der Waals surface area contributed by atoms with E-state index in [4.69, 9.17) is 9.47 Å². The molecule has 3 unspecified atom stereocenters. The largest absolute Gasteiger partial charge is 0.459 e. The normalized spacial score (nSPS) is 37.0. The number of carbonyl (C=O) groups is 1. The van der Waals surface area contributed by atoms with Crippen molar-refractivity contribution in [3.63, 3.8) is 0 Å². The fraction of sp³-hybridized carbons (Fsp3) is 0.889. The fourth-order valence-electron chi connectivity index (χ4n) is 1.50. The summed E-state index contributed by atoms with van der Waals surface area (Å²) in [5, 5.41) is 3.05. The lowest BCUT2D eigenvalue weighted by molar-refractivity contribution is -0.157. The van der Waals surface area contributed by atoms with Gasteiger partial charge in [0.15, 0.2) is 0 Å². The number of epoxide rings is 1. The molecule has 0 amide bonds. The van der Waals surface area contributed by atoms with E-state index in [-0.39, 0.29) is 24.3 Å². The first-order valence-electron chi connectivity index (χ1n) is 4.60. The summed E-state index contributed by atoms with van der Waals surface area (Å²) in [4.78, 5) is 11.5. The van der Waals surface area contributed by atoms with Gasteiger partial charge in [-0.25, -0.2) is 0 Å². The van der Waals surface area contributed by atoms with Crippen LogP contribution in [-0.4, -0.2) is 29.9 Å². The van der Waals surface area contributed by atoms with Crippen LogP contribution in [0.15, 0.2) is 0 Å². The van der Waals surface area contributed by atoms with Gasteiger partial charge < -0.3 is 9.47 Å². The summed E-state index contributed by atoms with van der Waals surface area (Å²) in [6.45, 7) is 5.62. The molecule has 0 spiro atoms. The molecular weight excluding hydrogens is 170 g/mol. The van der Waals surface area contributed by atoms with Crippen molar-refractivity contribution >= 4 is 5.97 Å². The van der Waals surface area contributed by atoms with Crippen LogP contribution in [0.3, 0.4) is 0 Å². The Morgan fingerprint density at radius 2 is 2.23 bits per heavy atom. The summed E-state index contributed by atoms with van der Waals surface area (Å²) in [5.41, 5.74) is -0.396. The lowest BCUT2D eigenvalue weighted by Gasteiger charge is -2.22. The lowest BCUT2D eigenvalue weighted by atomic mass is 10.1. The molecule has 2 aliphatic rings. The molecule has 13 heavy (non-hydrogen) atoms. The Balaban J connectivity index is 1.84. The first kappa shape index (κ1) is 8.97. The number of rotatable bonds is 1. The molecule has 2 saturated heterocycles. The van der Waals surface area contributed by atoms with Crippen molar-refractivity contribution in [2.24, 2.45) is 0 Å². The van der Waals surface area contributed by atoms with E-state index in [0.717, 1.165) is 6.42 Å². The minimum Gasteiger partial charge on any atom is -0.459 e. The Kier molecular flexibility index (Phi) is 1.85. The molecule has 0 aromatic carbocycles. The van der Waals surface area contributed by atoms with Gasteiger partial charge in [-0.3, -0.25) is 10.1 Å². The minimum absolute atomic E-state index is 0.109. The summed E-state index contributed by atoms with van der Waals surface area (Å²) in [6, 6.07) is -0.164. The maximum atomic E-state index is 11.5. The minimum atomic E-state index is -0.396. The highest BCUT2D eigenvalue weighted by molar-refractivity contribution is 5.77. The van der Waals surface area contributed by atoms with Crippen LogP contribution < -0.4 is 5.32 Å². The Bertz CT molecular complexity index is 224. The average Bonchev–Trinajstić information content (AvgIpc) is 2.55. The molecule has 2 fully saturated rings. The summed E-state index contributed by atoms with van der Waals surface area (Å²) in [5.74, 6) is -0.164. The van der Waals surface area contributed by atoms with Crippen molar-refractivity contribution in [2.75, 3.05) is 0 Å². The summed E-state index contributed by atoms with van der Waals surface area (Å²) >= 11 is 0.